The minimum absolute atomic E-state index is 0.166. The molecular formula is C14H22N2O2S. The van der Waals surface area contributed by atoms with Gasteiger partial charge in [0.05, 0.1) is 4.90 Å². The molecule has 1 saturated carbocycles. The summed E-state index contributed by atoms with van der Waals surface area (Å²) in [6, 6.07) is 7.24. The van der Waals surface area contributed by atoms with E-state index < -0.39 is 10.0 Å². The average molecular weight is 282 g/mol. The summed E-state index contributed by atoms with van der Waals surface area (Å²) < 4.78 is 22.3. The fourth-order valence-corrected chi connectivity index (χ4v) is 2.92. The lowest BCUT2D eigenvalue weighted by atomic mass is 9.81. The van der Waals surface area contributed by atoms with E-state index in [1.54, 1.807) is 12.1 Å². The number of sulfonamides is 1. The highest BCUT2D eigenvalue weighted by Crippen LogP contribution is 2.30. The van der Waals surface area contributed by atoms with Crippen LogP contribution in [0, 0.1) is 5.92 Å². The number of rotatable bonds is 6. The fourth-order valence-electron chi connectivity index (χ4n) is 2.40. The highest BCUT2D eigenvalue weighted by Gasteiger charge is 2.19. The molecule has 1 unspecified atom stereocenters. The maximum Gasteiger partial charge on any atom is 0.238 e. The first-order chi connectivity index (χ1) is 8.95. The van der Waals surface area contributed by atoms with Gasteiger partial charge in [0.25, 0.3) is 0 Å². The molecule has 1 aliphatic carbocycles. The van der Waals surface area contributed by atoms with Crippen LogP contribution in [0.5, 0.6) is 0 Å². The number of nitrogens with one attached hydrogen (secondary N) is 1. The van der Waals surface area contributed by atoms with Crippen LogP contribution < -0.4 is 10.5 Å². The van der Waals surface area contributed by atoms with Crippen LogP contribution >= 0.6 is 0 Å². The lowest BCUT2D eigenvalue weighted by molar-refractivity contribution is 0.265. The molecule has 0 saturated heterocycles. The molecule has 1 aromatic carbocycles. The predicted molar refractivity (Wildman–Crippen MR) is 76.1 cm³/mol. The van der Waals surface area contributed by atoms with Crippen molar-refractivity contribution in [1.82, 2.24) is 5.32 Å². The van der Waals surface area contributed by atoms with Crippen molar-refractivity contribution < 1.29 is 8.42 Å². The van der Waals surface area contributed by atoms with Crippen molar-refractivity contribution in [3.8, 4) is 0 Å². The first-order valence-corrected chi connectivity index (χ1v) is 8.35. The smallest absolute Gasteiger partial charge is 0.238 e. The van der Waals surface area contributed by atoms with Gasteiger partial charge >= 0.3 is 0 Å². The van der Waals surface area contributed by atoms with E-state index >= 15 is 0 Å². The molecule has 4 nitrogen and oxygen atoms in total. The molecule has 0 amide bonds. The molecule has 0 spiro atoms. The minimum Gasteiger partial charge on any atom is -0.310 e. The summed E-state index contributed by atoms with van der Waals surface area (Å²) in [6.07, 6.45) is 5.35. The summed E-state index contributed by atoms with van der Waals surface area (Å²) in [5, 5.41) is 8.54. The first kappa shape index (κ1) is 14.5. The average Bonchev–Trinajstić information content (AvgIpc) is 2.31. The van der Waals surface area contributed by atoms with E-state index in [4.69, 9.17) is 5.14 Å². The van der Waals surface area contributed by atoms with Crippen molar-refractivity contribution >= 4 is 10.0 Å². The molecule has 1 aromatic rings. The second-order valence-corrected chi connectivity index (χ2v) is 7.06. The minimum atomic E-state index is -3.58. The summed E-state index contributed by atoms with van der Waals surface area (Å²) in [4.78, 5) is 0.166. The van der Waals surface area contributed by atoms with Crippen molar-refractivity contribution in [3.05, 3.63) is 29.8 Å². The third-order valence-corrected chi connectivity index (χ3v) is 4.75. The zero-order valence-electron chi connectivity index (χ0n) is 11.3. The number of hydrogen-bond donors (Lipinski definition) is 2. The zero-order chi connectivity index (χ0) is 13.9. The maximum absolute atomic E-state index is 11.1. The molecule has 106 valence electrons. The second kappa shape index (κ2) is 6.03. The van der Waals surface area contributed by atoms with Gasteiger partial charge in [0, 0.05) is 12.6 Å². The summed E-state index contributed by atoms with van der Waals surface area (Å²) in [5.41, 5.74) is 1.08. The van der Waals surface area contributed by atoms with Gasteiger partial charge in [0.2, 0.25) is 10.0 Å². The molecule has 0 aromatic heterocycles. The van der Waals surface area contributed by atoms with Gasteiger partial charge in [-0.25, -0.2) is 13.6 Å². The van der Waals surface area contributed by atoms with Gasteiger partial charge in [-0.3, -0.25) is 0 Å². The van der Waals surface area contributed by atoms with Crippen LogP contribution in [0.3, 0.4) is 0 Å². The molecule has 0 bridgehead atoms. The van der Waals surface area contributed by atoms with Crippen LogP contribution in [-0.2, 0) is 16.6 Å². The molecule has 1 fully saturated rings. The van der Waals surface area contributed by atoms with Gasteiger partial charge in [-0.05, 0) is 37.0 Å². The zero-order valence-corrected chi connectivity index (χ0v) is 12.1. The van der Waals surface area contributed by atoms with Gasteiger partial charge in [0.1, 0.15) is 0 Å². The third-order valence-electron chi connectivity index (χ3n) is 3.82. The van der Waals surface area contributed by atoms with E-state index in [-0.39, 0.29) is 4.90 Å². The van der Waals surface area contributed by atoms with Crippen LogP contribution in [0.1, 0.15) is 38.2 Å². The van der Waals surface area contributed by atoms with Crippen LogP contribution in [0.4, 0.5) is 0 Å². The molecule has 1 aliphatic rings. The summed E-state index contributed by atoms with van der Waals surface area (Å²) in [5.74, 6) is 0.896. The number of hydrogen-bond acceptors (Lipinski definition) is 3. The van der Waals surface area contributed by atoms with E-state index in [1.807, 2.05) is 12.1 Å². The monoisotopic (exact) mass is 282 g/mol. The molecule has 0 heterocycles. The fraction of sp³-hybridized carbons (Fsp3) is 0.571. The first-order valence-electron chi connectivity index (χ1n) is 6.80. The van der Waals surface area contributed by atoms with Crippen LogP contribution in [0.2, 0.25) is 0 Å². The Morgan fingerprint density at radius 2 is 1.95 bits per heavy atom. The molecule has 1 atom stereocenters. The Morgan fingerprint density at radius 3 is 2.42 bits per heavy atom. The normalized spacial score (nSPS) is 18.0. The second-order valence-electron chi connectivity index (χ2n) is 5.50. The summed E-state index contributed by atoms with van der Waals surface area (Å²) in [7, 11) is -3.58. The predicted octanol–water partition coefficient (Wildman–Crippen LogP) is 2.00. The van der Waals surface area contributed by atoms with Crippen molar-refractivity contribution in [2.45, 2.75) is 50.1 Å². The van der Waals surface area contributed by atoms with Crippen LogP contribution in [0.25, 0.3) is 0 Å². The van der Waals surface area contributed by atoms with E-state index in [0.717, 1.165) is 18.0 Å². The topological polar surface area (TPSA) is 72.2 Å². The van der Waals surface area contributed by atoms with E-state index in [0.29, 0.717) is 6.04 Å². The third kappa shape index (κ3) is 4.30. The molecule has 5 heteroatoms. The lowest BCUT2D eigenvalue weighted by Gasteiger charge is -2.28. The van der Waals surface area contributed by atoms with Crippen molar-refractivity contribution in [1.29, 1.82) is 0 Å². The quantitative estimate of drug-likeness (QED) is 0.838. The maximum atomic E-state index is 11.1. The Hall–Kier alpha value is -0.910. The highest BCUT2D eigenvalue weighted by molar-refractivity contribution is 7.89. The van der Waals surface area contributed by atoms with E-state index in [2.05, 4.69) is 12.2 Å². The van der Waals surface area contributed by atoms with Crippen LogP contribution in [-0.4, -0.2) is 14.5 Å². The Balaban J connectivity index is 1.82. The van der Waals surface area contributed by atoms with Crippen molar-refractivity contribution in [2.24, 2.45) is 11.1 Å². The number of primary sulfonamides is 1. The van der Waals surface area contributed by atoms with Gasteiger partial charge < -0.3 is 5.32 Å². The Kier molecular flexibility index (Phi) is 4.60. The molecular weight excluding hydrogens is 260 g/mol. The Bertz CT molecular complexity index is 507. The standard InChI is InChI=1S/C14H22N2O2S/c1-11(9-12-3-2-4-12)16-10-13-5-7-14(8-6-13)19(15,17)18/h5-8,11-12,16H,2-4,9-10H2,1H3,(H2,15,17,18). The summed E-state index contributed by atoms with van der Waals surface area (Å²) >= 11 is 0. The van der Waals surface area contributed by atoms with Gasteiger partial charge in [-0.15, -0.1) is 0 Å². The SMILES string of the molecule is CC(CC1CCC1)NCc1ccc(S(N)(=O)=O)cc1. The van der Waals surface area contributed by atoms with Gasteiger partial charge in [-0.1, -0.05) is 31.4 Å². The largest absolute Gasteiger partial charge is 0.310 e. The molecule has 19 heavy (non-hydrogen) atoms. The van der Waals surface area contributed by atoms with Gasteiger partial charge in [-0.2, -0.15) is 0 Å². The molecule has 0 aliphatic heterocycles. The lowest BCUT2D eigenvalue weighted by Crippen LogP contribution is -2.29. The van der Waals surface area contributed by atoms with Crippen LogP contribution in [0.15, 0.2) is 29.2 Å². The van der Waals surface area contributed by atoms with E-state index in [9.17, 15) is 8.42 Å². The summed E-state index contributed by atoms with van der Waals surface area (Å²) in [6.45, 7) is 2.97. The van der Waals surface area contributed by atoms with Crippen molar-refractivity contribution in [3.63, 3.8) is 0 Å². The molecule has 2 rings (SSSR count). The highest BCUT2D eigenvalue weighted by atomic mass is 32.2. The van der Waals surface area contributed by atoms with Gasteiger partial charge in [0.15, 0.2) is 0 Å². The Labute approximate surface area is 115 Å². The van der Waals surface area contributed by atoms with E-state index in [1.165, 1.54) is 25.7 Å². The van der Waals surface area contributed by atoms with Crippen molar-refractivity contribution in [2.75, 3.05) is 0 Å². The Morgan fingerprint density at radius 1 is 1.32 bits per heavy atom. The number of nitrogens with two attached hydrogens (primary N) is 1. The molecule has 0 radical (unpaired) electrons. The molecule has 3 N–H and O–H groups in total. The number of benzene rings is 1.